The fraction of sp³-hybridized carbons (Fsp3) is 1.00. The van der Waals surface area contributed by atoms with Crippen LogP contribution in [-0.2, 0) is 10.1 Å². The topological polar surface area (TPSA) is 115 Å². The molecule has 50 valence electrons. The Kier molecular flexibility index (Phi) is 1.59. The summed E-state index contributed by atoms with van der Waals surface area (Å²) in [6.45, 7) is 0. The minimum absolute atomic E-state index is 4.03. The molecule has 0 aromatic heterocycles. The van der Waals surface area contributed by atoms with Gasteiger partial charge in [-0.15, -0.1) is 0 Å². The van der Waals surface area contributed by atoms with Gasteiger partial charge in [0, 0.05) is 0 Å². The van der Waals surface area contributed by atoms with Crippen LogP contribution in [0.15, 0.2) is 0 Å². The van der Waals surface area contributed by atoms with E-state index in [0.717, 1.165) is 0 Å². The maximum Gasteiger partial charge on any atom is 0.411 e. The standard InChI is InChI=1S/CH4O6S/c2-1(3,4)8(5,6)7/h2-4H,(H,5,6,7). The summed E-state index contributed by atoms with van der Waals surface area (Å²) in [6, 6.07) is 0. The van der Waals surface area contributed by atoms with Gasteiger partial charge in [0.1, 0.15) is 0 Å². The molecule has 0 saturated carbocycles. The van der Waals surface area contributed by atoms with Crippen LogP contribution in [0.4, 0.5) is 0 Å². The number of hydrogen-bond acceptors (Lipinski definition) is 5. The zero-order chi connectivity index (χ0) is 7.00. The van der Waals surface area contributed by atoms with Crippen LogP contribution in [0.3, 0.4) is 0 Å². The lowest BCUT2D eigenvalue weighted by atomic mass is 11.3. The Hall–Kier alpha value is -0.210. The highest BCUT2D eigenvalue weighted by Gasteiger charge is 2.35. The number of rotatable bonds is 1. The predicted molar refractivity (Wildman–Crippen MR) is 20.9 cm³/mol. The Morgan fingerprint density at radius 1 is 1.12 bits per heavy atom. The first-order valence-electron chi connectivity index (χ1n) is 1.39. The quantitative estimate of drug-likeness (QED) is 0.238. The average molecular weight is 144 g/mol. The first kappa shape index (κ1) is 7.79. The van der Waals surface area contributed by atoms with Crippen LogP contribution in [0, 0.1) is 0 Å². The van der Waals surface area contributed by atoms with Crippen molar-refractivity contribution in [3.8, 4) is 0 Å². The van der Waals surface area contributed by atoms with Crippen LogP contribution >= 0.6 is 0 Å². The summed E-state index contributed by atoms with van der Waals surface area (Å²) in [5.74, 6) is 0. The van der Waals surface area contributed by atoms with Gasteiger partial charge in [0.25, 0.3) is 0 Å². The van der Waals surface area contributed by atoms with Crippen LogP contribution in [0.1, 0.15) is 0 Å². The maximum atomic E-state index is 9.46. The Morgan fingerprint density at radius 2 is 1.25 bits per heavy atom. The lowest BCUT2D eigenvalue weighted by Crippen LogP contribution is -2.37. The zero-order valence-electron chi connectivity index (χ0n) is 3.51. The van der Waals surface area contributed by atoms with E-state index in [1.165, 1.54) is 0 Å². The number of hydrogen-bond donors (Lipinski definition) is 4. The van der Waals surface area contributed by atoms with E-state index < -0.39 is 15.4 Å². The molecule has 0 amide bonds. The van der Waals surface area contributed by atoms with Crippen LogP contribution in [-0.4, -0.2) is 33.6 Å². The summed E-state index contributed by atoms with van der Waals surface area (Å²) in [7, 11) is -5.17. The monoisotopic (exact) mass is 144 g/mol. The van der Waals surface area contributed by atoms with Crippen LogP contribution in [0.25, 0.3) is 0 Å². The smallest absolute Gasteiger partial charge is 0.329 e. The summed E-state index contributed by atoms with van der Waals surface area (Å²) in [5.41, 5.74) is 0. The molecule has 4 N–H and O–H groups in total. The van der Waals surface area contributed by atoms with Crippen molar-refractivity contribution in [2.24, 2.45) is 0 Å². The van der Waals surface area contributed by atoms with Gasteiger partial charge < -0.3 is 15.3 Å². The summed E-state index contributed by atoms with van der Waals surface area (Å²) < 4.78 is 26.5. The third-order valence-corrected chi connectivity index (χ3v) is 1.04. The molecule has 0 bridgehead atoms. The predicted octanol–water partition coefficient (Wildman–Crippen LogP) is -2.54. The van der Waals surface area contributed by atoms with Crippen LogP contribution in [0.5, 0.6) is 0 Å². The third kappa shape index (κ3) is 1.72. The van der Waals surface area contributed by atoms with Crippen LogP contribution < -0.4 is 0 Å². The van der Waals surface area contributed by atoms with E-state index in [-0.39, 0.29) is 0 Å². The minimum atomic E-state index is -5.17. The molecule has 6 nitrogen and oxygen atoms in total. The first-order chi connectivity index (χ1) is 3.25. The molecule has 0 heterocycles. The molecule has 7 heteroatoms. The van der Waals surface area contributed by atoms with E-state index >= 15 is 0 Å². The van der Waals surface area contributed by atoms with Crippen molar-refractivity contribution in [3.63, 3.8) is 0 Å². The molecule has 0 spiro atoms. The van der Waals surface area contributed by atoms with Crippen molar-refractivity contribution in [1.29, 1.82) is 0 Å². The minimum Gasteiger partial charge on any atom is -0.329 e. The van der Waals surface area contributed by atoms with Crippen molar-refractivity contribution < 1.29 is 28.3 Å². The highest BCUT2D eigenvalue weighted by atomic mass is 32.2. The second kappa shape index (κ2) is 1.64. The molecule has 0 atom stereocenters. The van der Waals surface area contributed by atoms with E-state index in [0.29, 0.717) is 0 Å². The Bertz CT molecular complexity index is 157. The summed E-state index contributed by atoms with van der Waals surface area (Å²) in [6.07, 6.45) is 0. The van der Waals surface area contributed by atoms with Gasteiger partial charge in [0.15, 0.2) is 0 Å². The third-order valence-electron chi connectivity index (χ3n) is 0.346. The molecular weight excluding hydrogens is 140 g/mol. The molecule has 0 aliphatic rings. The van der Waals surface area contributed by atoms with Crippen molar-refractivity contribution >= 4 is 10.1 Å². The molecule has 0 radical (unpaired) electrons. The summed E-state index contributed by atoms with van der Waals surface area (Å²) >= 11 is 0. The van der Waals surface area contributed by atoms with Gasteiger partial charge >= 0.3 is 15.4 Å². The maximum absolute atomic E-state index is 9.46. The van der Waals surface area contributed by atoms with E-state index in [1.54, 1.807) is 0 Å². The molecule has 0 fully saturated rings. The molecule has 8 heavy (non-hydrogen) atoms. The average Bonchev–Trinajstić information content (AvgIpc) is 1.25. The lowest BCUT2D eigenvalue weighted by Gasteiger charge is -2.07. The van der Waals surface area contributed by atoms with Crippen molar-refractivity contribution in [3.05, 3.63) is 0 Å². The van der Waals surface area contributed by atoms with E-state index in [9.17, 15) is 8.42 Å². The highest BCUT2D eigenvalue weighted by molar-refractivity contribution is 7.86. The fourth-order valence-corrected chi connectivity index (χ4v) is 0. The van der Waals surface area contributed by atoms with Gasteiger partial charge in [-0.3, -0.25) is 4.55 Å². The normalized spacial score (nSPS) is 14.0. The van der Waals surface area contributed by atoms with Gasteiger partial charge in [-0.1, -0.05) is 0 Å². The van der Waals surface area contributed by atoms with Gasteiger partial charge in [0.2, 0.25) is 0 Å². The van der Waals surface area contributed by atoms with E-state index in [2.05, 4.69) is 0 Å². The van der Waals surface area contributed by atoms with Gasteiger partial charge in [-0.05, 0) is 0 Å². The lowest BCUT2D eigenvalue weighted by molar-refractivity contribution is -0.245. The Morgan fingerprint density at radius 3 is 1.25 bits per heavy atom. The van der Waals surface area contributed by atoms with E-state index in [1.807, 2.05) is 0 Å². The molecule has 0 saturated heterocycles. The second-order valence-corrected chi connectivity index (χ2v) is 2.55. The Labute approximate surface area is 44.8 Å². The molecule has 0 rings (SSSR count). The molecular formula is CH4O6S. The number of aliphatic hydroxyl groups is 3. The van der Waals surface area contributed by atoms with Crippen LogP contribution in [0.2, 0.25) is 0 Å². The highest BCUT2D eigenvalue weighted by Crippen LogP contribution is 2.00. The van der Waals surface area contributed by atoms with Gasteiger partial charge in [0.05, 0.1) is 0 Å². The van der Waals surface area contributed by atoms with Crippen molar-refractivity contribution in [2.75, 3.05) is 0 Å². The molecule has 0 aliphatic heterocycles. The Balaban J connectivity index is 4.53. The largest absolute Gasteiger partial charge is 0.411 e. The van der Waals surface area contributed by atoms with Crippen molar-refractivity contribution in [2.45, 2.75) is 5.31 Å². The van der Waals surface area contributed by atoms with Gasteiger partial charge in [-0.25, -0.2) is 0 Å². The fourth-order valence-electron chi connectivity index (χ4n) is 0. The molecule has 0 aliphatic carbocycles. The summed E-state index contributed by atoms with van der Waals surface area (Å²) in [5, 5.41) is 18.8. The van der Waals surface area contributed by atoms with Crippen molar-refractivity contribution in [1.82, 2.24) is 0 Å². The zero-order valence-corrected chi connectivity index (χ0v) is 4.33. The van der Waals surface area contributed by atoms with Gasteiger partial charge in [-0.2, -0.15) is 8.42 Å². The molecule has 0 aromatic carbocycles. The van der Waals surface area contributed by atoms with E-state index in [4.69, 9.17) is 19.9 Å². The molecule has 0 aromatic rings. The first-order valence-corrected chi connectivity index (χ1v) is 2.83. The second-order valence-electron chi connectivity index (χ2n) is 1.05. The summed E-state index contributed by atoms with van der Waals surface area (Å²) in [4.78, 5) is 0. The SMILES string of the molecule is O=S(=O)(O)C(O)(O)O. The molecule has 0 unspecified atom stereocenters.